The predicted molar refractivity (Wildman–Crippen MR) is 76.3 cm³/mol. The summed E-state index contributed by atoms with van der Waals surface area (Å²) in [5, 5.41) is 3.95. The van der Waals surface area contributed by atoms with Crippen LogP contribution in [0.15, 0.2) is 18.2 Å². The van der Waals surface area contributed by atoms with E-state index < -0.39 is 0 Å². The average Bonchev–Trinajstić information content (AvgIpc) is 2.37. The Balaban J connectivity index is 2.36. The molecule has 1 fully saturated rings. The van der Waals surface area contributed by atoms with E-state index >= 15 is 0 Å². The van der Waals surface area contributed by atoms with Gasteiger partial charge in [0.15, 0.2) is 0 Å². The highest BCUT2D eigenvalue weighted by Crippen LogP contribution is 2.39. The lowest BCUT2D eigenvalue weighted by molar-refractivity contribution is 0.0480. The van der Waals surface area contributed by atoms with Crippen LogP contribution in [0.2, 0.25) is 5.02 Å². The molecule has 106 valence electrons. The van der Waals surface area contributed by atoms with Gasteiger partial charge < -0.3 is 10.1 Å². The van der Waals surface area contributed by atoms with Gasteiger partial charge in [-0.25, -0.2) is 4.39 Å². The molecular weight excluding hydrogens is 265 g/mol. The number of hydrogen-bond donors (Lipinski definition) is 1. The van der Waals surface area contributed by atoms with Gasteiger partial charge in [0.05, 0.1) is 0 Å². The molecule has 1 N–H and O–H groups in total. The van der Waals surface area contributed by atoms with Crippen molar-refractivity contribution in [3.63, 3.8) is 0 Å². The van der Waals surface area contributed by atoms with E-state index in [-0.39, 0.29) is 11.2 Å². The first-order valence-corrected chi connectivity index (χ1v) is 7.18. The molecule has 1 saturated heterocycles. The molecule has 2 nitrogen and oxygen atoms in total. The van der Waals surface area contributed by atoms with E-state index in [4.69, 9.17) is 16.3 Å². The highest BCUT2D eigenvalue weighted by Gasteiger charge is 2.38. The molecule has 0 aliphatic carbocycles. The SMILES string of the molecule is CC(C)NCC1(c2c(F)cccc2Cl)CCOCC1. The molecule has 1 heterocycles. The summed E-state index contributed by atoms with van der Waals surface area (Å²) in [6.45, 7) is 6.23. The number of benzene rings is 1. The van der Waals surface area contributed by atoms with Gasteiger partial charge in [0.1, 0.15) is 5.82 Å². The van der Waals surface area contributed by atoms with Crippen molar-refractivity contribution < 1.29 is 9.13 Å². The second-order valence-electron chi connectivity index (χ2n) is 5.52. The lowest BCUT2D eigenvalue weighted by Crippen LogP contribution is -2.45. The first-order chi connectivity index (χ1) is 9.05. The lowest BCUT2D eigenvalue weighted by atomic mass is 9.73. The molecule has 0 spiro atoms. The second kappa shape index (κ2) is 6.21. The summed E-state index contributed by atoms with van der Waals surface area (Å²) in [6.07, 6.45) is 1.60. The van der Waals surface area contributed by atoms with Crippen LogP contribution >= 0.6 is 11.6 Å². The summed E-state index contributed by atoms with van der Waals surface area (Å²) in [5.41, 5.74) is 0.387. The standard InChI is InChI=1S/C15H21ClFNO/c1-11(2)18-10-15(6-8-19-9-7-15)14-12(16)4-3-5-13(14)17/h3-5,11,18H,6-10H2,1-2H3. The van der Waals surface area contributed by atoms with Crippen LogP contribution in [0.4, 0.5) is 4.39 Å². The summed E-state index contributed by atoms with van der Waals surface area (Å²) >= 11 is 6.26. The zero-order valence-electron chi connectivity index (χ0n) is 11.5. The van der Waals surface area contributed by atoms with E-state index in [9.17, 15) is 4.39 Å². The summed E-state index contributed by atoms with van der Waals surface area (Å²) in [5.74, 6) is -0.208. The van der Waals surface area contributed by atoms with Crippen LogP contribution in [0.3, 0.4) is 0 Å². The Hall–Kier alpha value is -0.640. The Morgan fingerprint density at radius 1 is 1.37 bits per heavy atom. The Kier molecular flexibility index (Phi) is 4.82. The third kappa shape index (κ3) is 3.28. The van der Waals surface area contributed by atoms with Crippen molar-refractivity contribution >= 4 is 11.6 Å². The number of rotatable bonds is 4. The van der Waals surface area contributed by atoms with Crippen LogP contribution in [0.25, 0.3) is 0 Å². The molecular formula is C15H21ClFNO. The number of ether oxygens (including phenoxy) is 1. The normalized spacial score (nSPS) is 18.8. The van der Waals surface area contributed by atoms with Gasteiger partial charge in [0, 0.05) is 41.8 Å². The summed E-state index contributed by atoms with van der Waals surface area (Å²) < 4.78 is 19.7. The smallest absolute Gasteiger partial charge is 0.128 e. The van der Waals surface area contributed by atoms with Crippen molar-refractivity contribution in [1.82, 2.24) is 5.32 Å². The molecule has 1 aromatic rings. The molecule has 0 radical (unpaired) electrons. The summed E-state index contributed by atoms with van der Waals surface area (Å²) in [7, 11) is 0. The van der Waals surface area contributed by atoms with E-state index in [1.807, 2.05) is 0 Å². The zero-order chi connectivity index (χ0) is 13.9. The molecule has 0 atom stereocenters. The van der Waals surface area contributed by atoms with Gasteiger partial charge >= 0.3 is 0 Å². The number of halogens is 2. The topological polar surface area (TPSA) is 21.3 Å². The van der Waals surface area contributed by atoms with Crippen LogP contribution in [0.1, 0.15) is 32.3 Å². The van der Waals surface area contributed by atoms with Crippen molar-refractivity contribution in [2.45, 2.75) is 38.1 Å². The molecule has 1 aromatic carbocycles. The van der Waals surface area contributed by atoms with E-state index in [1.54, 1.807) is 12.1 Å². The number of hydrogen-bond acceptors (Lipinski definition) is 2. The van der Waals surface area contributed by atoms with Gasteiger partial charge in [-0.05, 0) is 25.0 Å². The van der Waals surface area contributed by atoms with Gasteiger partial charge in [0.25, 0.3) is 0 Å². The molecule has 1 aliphatic rings. The minimum atomic E-state index is -0.259. The molecule has 1 aliphatic heterocycles. The van der Waals surface area contributed by atoms with Gasteiger partial charge in [0.2, 0.25) is 0 Å². The Labute approximate surface area is 119 Å². The summed E-state index contributed by atoms with van der Waals surface area (Å²) in [4.78, 5) is 0. The van der Waals surface area contributed by atoms with Crippen molar-refractivity contribution in [3.8, 4) is 0 Å². The van der Waals surface area contributed by atoms with Crippen molar-refractivity contribution in [1.29, 1.82) is 0 Å². The summed E-state index contributed by atoms with van der Waals surface area (Å²) in [6, 6.07) is 5.29. The Morgan fingerprint density at radius 2 is 2.05 bits per heavy atom. The first-order valence-electron chi connectivity index (χ1n) is 6.81. The molecule has 19 heavy (non-hydrogen) atoms. The second-order valence-corrected chi connectivity index (χ2v) is 5.93. The van der Waals surface area contributed by atoms with Crippen LogP contribution in [0.5, 0.6) is 0 Å². The first kappa shape index (κ1) is 14.8. The fourth-order valence-corrected chi connectivity index (χ4v) is 3.04. The molecule has 0 bridgehead atoms. The fourth-order valence-electron chi connectivity index (χ4n) is 2.68. The molecule has 4 heteroatoms. The maximum absolute atomic E-state index is 14.3. The average molecular weight is 286 g/mol. The molecule has 0 amide bonds. The van der Waals surface area contributed by atoms with Crippen LogP contribution < -0.4 is 5.32 Å². The van der Waals surface area contributed by atoms with Crippen LogP contribution in [-0.2, 0) is 10.2 Å². The number of nitrogens with one attached hydrogen (secondary N) is 1. The highest BCUT2D eigenvalue weighted by molar-refractivity contribution is 6.31. The largest absolute Gasteiger partial charge is 0.381 e. The monoisotopic (exact) mass is 285 g/mol. The van der Waals surface area contributed by atoms with E-state index in [0.717, 1.165) is 19.4 Å². The Bertz CT molecular complexity index is 410. The molecule has 2 rings (SSSR count). The van der Waals surface area contributed by atoms with Gasteiger partial charge in [-0.1, -0.05) is 31.5 Å². The third-order valence-electron chi connectivity index (χ3n) is 3.79. The van der Waals surface area contributed by atoms with Crippen molar-refractivity contribution in [3.05, 3.63) is 34.6 Å². The van der Waals surface area contributed by atoms with Crippen molar-refractivity contribution in [2.75, 3.05) is 19.8 Å². The minimum absolute atomic E-state index is 0.208. The van der Waals surface area contributed by atoms with E-state index in [0.29, 0.717) is 29.8 Å². The highest BCUT2D eigenvalue weighted by atomic mass is 35.5. The lowest BCUT2D eigenvalue weighted by Gasteiger charge is -2.39. The third-order valence-corrected chi connectivity index (χ3v) is 4.11. The van der Waals surface area contributed by atoms with Gasteiger partial charge in [-0.15, -0.1) is 0 Å². The molecule has 0 unspecified atom stereocenters. The van der Waals surface area contributed by atoms with Crippen LogP contribution in [-0.4, -0.2) is 25.8 Å². The van der Waals surface area contributed by atoms with Crippen LogP contribution in [0, 0.1) is 5.82 Å². The maximum Gasteiger partial charge on any atom is 0.128 e. The Morgan fingerprint density at radius 3 is 2.63 bits per heavy atom. The molecule has 0 saturated carbocycles. The fraction of sp³-hybridized carbons (Fsp3) is 0.600. The van der Waals surface area contributed by atoms with Crippen molar-refractivity contribution in [2.24, 2.45) is 0 Å². The van der Waals surface area contributed by atoms with Gasteiger partial charge in [-0.3, -0.25) is 0 Å². The zero-order valence-corrected chi connectivity index (χ0v) is 12.3. The van der Waals surface area contributed by atoms with Gasteiger partial charge in [-0.2, -0.15) is 0 Å². The minimum Gasteiger partial charge on any atom is -0.381 e. The maximum atomic E-state index is 14.3. The molecule has 0 aromatic heterocycles. The quantitative estimate of drug-likeness (QED) is 0.914. The van der Waals surface area contributed by atoms with E-state index in [2.05, 4.69) is 19.2 Å². The van der Waals surface area contributed by atoms with E-state index in [1.165, 1.54) is 6.07 Å². The predicted octanol–water partition coefficient (Wildman–Crippen LogP) is 3.53.